The summed E-state index contributed by atoms with van der Waals surface area (Å²) in [6.07, 6.45) is 3.07. The zero-order valence-electron chi connectivity index (χ0n) is 15.7. The number of hydrogen-bond donors (Lipinski definition) is 0. The molecule has 2 amide bonds. The van der Waals surface area contributed by atoms with Gasteiger partial charge in [-0.1, -0.05) is 68.3 Å². The van der Waals surface area contributed by atoms with Gasteiger partial charge in [0.2, 0.25) is 11.8 Å². The van der Waals surface area contributed by atoms with E-state index in [1.54, 1.807) is 9.80 Å². The van der Waals surface area contributed by atoms with Crippen LogP contribution in [-0.4, -0.2) is 29.8 Å². The Labute approximate surface area is 156 Å². The molecule has 2 rings (SSSR count). The Morgan fingerprint density at radius 2 is 1.50 bits per heavy atom. The molecule has 138 valence electrons. The second-order valence-electron chi connectivity index (χ2n) is 6.45. The van der Waals surface area contributed by atoms with Crippen LogP contribution in [0, 0.1) is 0 Å². The molecular weight excluding hydrogens is 324 g/mol. The topological polar surface area (TPSA) is 40.6 Å². The van der Waals surface area contributed by atoms with E-state index in [1.807, 2.05) is 60.7 Å². The number of hydrogen-bond acceptors (Lipinski definition) is 2. The molecule has 0 heterocycles. The molecular formula is C22H28N2O2. The summed E-state index contributed by atoms with van der Waals surface area (Å²) in [6.45, 7) is 4.89. The second kappa shape index (κ2) is 10.4. The molecule has 4 heteroatoms. The normalized spacial score (nSPS) is 10.4. The Balaban J connectivity index is 2.15. The highest BCUT2D eigenvalue weighted by molar-refractivity contribution is 5.96. The maximum absolute atomic E-state index is 13.0. The predicted octanol–water partition coefficient (Wildman–Crippen LogP) is 4.26. The summed E-state index contributed by atoms with van der Waals surface area (Å²) < 4.78 is 0. The quantitative estimate of drug-likeness (QED) is 0.633. The van der Waals surface area contributed by atoms with Crippen molar-refractivity contribution in [3.63, 3.8) is 0 Å². The molecule has 0 N–H and O–H groups in total. The van der Waals surface area contributed by atoms with Crippen LogP contribution in [0.4, 0.5) is 5.69 Å². The smallest absolute Gasteiger partial charge is 0.246 e. The number of para-hydroxylation sites is 1. The molecule has 0 aliphatic heterocycles. The average molecular weight is 352 g/mol. The fraction of sp³-hybridized carbons (Fsp3) is 0.364. The third-order valence-corrected chi connectivity index (χ3v) is 4.36. The first-order chi connectivity index (χ1) is 12.6. The first kappa shape index (κ1) is 19.7. The minimum atomic E-state index is -0.0632. The summed E-state index contributed by atoms with van der Waals surface area (Å²) in [6, 6.07) is 19.5. The monoisotopic (exact) mass is 352 g/mol. The Kier molecular flexibility index (Phi) is 7.87. The van der Waals surface area contributed by atoms with Gasteiger partial charge < -0.3 is 9.80 Å². The van der Waals surface area contributed by atoms with Gasteiger partial charge in [0, 0.05) is 19.2 Å². The van der Waals surface area contributed by atoms with Crippen molar-refractivity contribution in [1.29, 1.82) is 0 Å². The molecule has 2 aromatic carbocycles. The molecule has 0 aromatic heterocycles. The van der Waals surface area contributed by atoms with Crippen LogP contribution in [0.1, 0.15) is 38.7 Å². The minimum Gasteiger partial charge on any atom is -0.334 e. The number of carbonyl (C=O) groups excluding carboxylic acids is 2. The summed E-state index contributed by atoms with van der Waals surface area (Å²) in [5, 5.41) is 0. The average Bonchev–Trinajstić information content (AvgIpc) is 2.66. The Morgan fingerprint density at radius 1 is 0.885 bits per heavy atom. The standard InChI is InChI=1S/C22H28N2O2/c1-3-4-11-16-23(19(2)25)18-22(26)24(21-14-9-6-10-15-21)17-20-12-7-5-8-13-20/h5-10,12-15H,3-4,11,16-18H2,1-2H3. The molecule has 26 heavy (non-hydrogen) atoms. The van der Waals surface area contributed by atoms with Crippen LogP contribution >= 0.6 is 0 Å². The van der Waals surface area contributed by atoms with Gasteiger partial charge in [-0.25, -0.2) is 0 Å². The van der Waals surface area contributed by atoms with Crippen molar-refractivity contribution in [2.75, 3.05) is 18.0 Å². The van der Waals surface area contributed by atoms with Crippen molar-refractivity contribution >= 4 is 17.5 Å². The largest absolute Gasteiger partial charge is 0.334 e. The summed E-state index contributed by atoms with van der Waals surface area (Å²) in [5.41, 5.74) is 1.91. The molecule has 0 unspecified atom stereocenters. The molecule has 4 nitrogen and oxygen atoms in total. The van der Waals surface area contributed by atoms with E-state index in [4.69, 9.17) is 0 Å². The zero-order chi connectivity index (χ0) is 18.8. The highest BCUT2D eigenvalue weighted by Gasteiger charge is 2.20. The van der Waals surface area contributed by atoms with E-state index in [1.165, 1.54) is 6.92 Å². The molecule has 0 aliphatic carbocycles. The van der Waals surface area contributed by atoms with Gasteiger partial charge in [0.25, 0.3) is 0 Å². The van der Waals surface area contributed by atoms with Crippen LogP contribution in [0.25, 0.3) is 0 Å². The van der Waals surface area contributed by atoms with Crippen LogP contribution in [0.15, 0.2) is 60.7 Å². The summed E-state index contributed by atoms with van der Waals surface area (Å²) in [5.74, 6) is -0.117. The van der Waals surface area contributed by atoms with E-state index < -0.39 is 0 Å². The van der Waals surface area contributed by atoms with Crippen LogP contribution in [-0.2, 0) is 16.1 Å². The van der Waals surface area contributed by atoms with Crippen molar-refractivity contribution in [1.82, 2.24) is 4.90 Å². The lowest BCUT2D eigenvalue weighted by Gasteiger charge is -2.27. The van der Waals surface area contributed by atoms with Crippen molar-refractivity contribution in [2.45, 2.75) is 39.7 Å². The van der Waals surface area contributed by atoms with Gasteiger partial charge in [-0.05, 0) is 24.1 Å². The highest BCUT2D eigenvalue weighted by Crippen LogP contribution is 2.17. The SMILES string of the molecule is CCCCCN(CC(=O)N(Cc1ccccc1)c1ccccc1)C(C)=O. The third kappa shape index (κ3) is 6.03. The number of unbranched alkanes of at least 4 members (excludes halogenated alkanes) is 2. The number of anilines is 1. The van der Waals surface area contributed by atoms with Gasteiger partial charge in [-0.2, -0.15) is 0 Å². The van der Waals surface area contributed by atoms with Crippen molar-refractivity contribution in [2.24, 2.45) is 0 Å². The first-order valence-electron chi connectivity index (χ1n) is 9.26. The van der Waals surface area contributed by atoms with Gasteiger partial charge in [0.1, 0.15) is 6.54 Å². The van der Waals surface area contributed by atoms with Crippen LogP contribution in [0.3, 0.4) is 0 Å². The van der Waals surface area contributed by atoms with Crippen molar-refractivity contribution in [3.05, 3.63) is 66.2 Å². The summed E-state index contributed by atoms with van der Waals surface area (Å²) in [4.78, 5) is 28.4. The third-order valence-electron chi connectivity index (χ3n) is 4.36. The molecule has 0 spiro atoms. The lowest BCUT2D eigenvalue weighted by molar-refractivity contribution is -0.133. The number of carbonyl (C=O) groups is 2. The molecule has 0 bridgehead atoms. The van der Waals surface area contributed by atoms with Gasteiger partial charge in [-0.3, -0.25) is 9.59 Å². The maximum atomic E-state index is 13.0. The molecule has 0 atom stereocenters. The van der Waals surface area contributed by atoms with Gasteiger partial charge in [0.15, 0.2) is 0 Å². The molecule has 0 fully saturated rings. The number of nitrogens with zero attached hydrogens (tertiary/aromatic N) is 2. The number of benzene rings is 2. The van der Waals surface area contributed by atoms with E-state index in [-0.39, 0.29) is 18.4 Å². The molecule has 2 aromatic rings. The van der Waals surface area contributed by atoms with Crippen LogP contribution < -0.4 is 4.90 Å². The van der Waals surface area contributed by atoms with Gasteiger partial charge in [0.05, 0.1) is 6.54 Å². The van der Waals surface area contributed by atoms with Crippen molar-refractivity contribution in [3.8, 4) is 0 Å². The van der Waals surface area contributed by atoms with Crippen LogP contribution in [0.5, 0.6) is 0 Å². The molecule has 0 saturated carbocycles. The molecule has 0 aliphatic rings. The Bertz CT molecular complexity index is 686. The summed E-state index contributed by atoms with van der Waals surface area (Å²) in [7, 11) is 0. The van der Waals surface area contributed by atoms with E-state index in [9.17, 15) is 9.59 Å². The maximum Gasteiger partial charge on any atom is 0.246 e. The number of rotatable bonds is 9. The van der Waals surface area contributed by atoms with Gasteiger partial charge >= 0.3 is 0 Å². The van der Waals surface area contributed by atoms with Crippen LogP contribution in [0.2, 0.25) is 0 Å². The van der Waals surface area contributed by atoms with Gasteiger partial charge in [-0.15, -0.1) is 0 Å². The van der Waals surface area contributed by atoms with E-state index >= 15 is 0 Å². The van der Waals surface area contributed by atoms with E-state index in [0.29, 0.717) is 13.1 Å². The summed E-state index contributed by atoms with van der Waals surface area (Å²) >= 11 is 0. The Hall–Kier alpha value is -2.62. The fourth-order valence-electron chi connectivity index (χ4n) is 2.85. The van der Waals surface area contributed by atoms with Crippen molar-refractivity contribution < 1.29 is 9.59 Å². The first-order valence-corrected chi connectivity index (χ1v) is 9.26. The highest BCUT2D eigenvalue weighted by atomic mass is 16.2. The fourth-order valence-corrected chi connectivity index (χ4v) is 2.85. The molecule has 0 radical (unpaired) electrons. The Morgan fingerprint density at radius 3 is 2.08 bits per heavy atom. The second-order valence-corrected chi connectivity index (χ2v) is 6.45. The molecule has 0 saturated heterocycles. The minimum absolute atomic E-state index is 0.0535. The van der Waals surface area contributed by atoms with E-state index in [2.05, 4.69) is 6.92 Å². The predicted molar refractivity (Wildman–Crippen MR) is 106 cm³/mol. The zero-order valence-corrected chi connectivity index (χ0v) is 15.7. The lowest BCUT2D eigenvalue weighted by atomic mass is 10.2. The lowest BCUT2D eigenvalue weighted by Crippen LogP contribution is -2.42. The van der Waals surface area contributed by atoms with E-state index in [0.717, 1.165) is 30.5 Å². The number of amides is 2.